The van der Waals surface area contributed by atoms with Crippen LogP contribution in [0.4, 0.5) is 11.4 Å². The number of nitrogens with one attached hydrogen (secondary N) is 1. The maximum atomic E-state index is 13.0. The zero-order chi connectivity index (χ0) is 21.3. The lowest BCUT2D eigenvalue weighted by Crippen LogP contribution is -2.32. The molecule has 2 heterocycles. The number of carbonyl (C=O) groups excluding carboxylic acids is 1. The Kier molecular flexibility index (Phi) is 7.56. The molecule has 0 bridgehead atoms. The van der Waals surface area contributed by atoms with Crippen LogP contribution in [0.25, 0.3) is 0 Å². The minimum absolute atomic E-state index is 0.106. The predicted molar refractivity (Wildman–Crippen MR) is 112 cm³/mol. The summed E-state index contributed by atoms with van der Waals surface area (Å²) in [6, 6.07) is 8.04. The second-order valence-corrected chi connectivity index (χ2v) is 7.00. The lowest BCUT2D eigenvalue weighted by Gasteiger charge is -2.30. The summed E-state index contributed by atoms with van der Waals surface area (Å²) < 4.78 is 10.6. The van der Waals surface area contributed by atoms with Gasteiger partial charge in [0.2, 0.25) is 5.88 Å². The van der Waals surface area contributed by atoms with E-state index in [2.05, 4.69) is 15.2 Å². The van der Waals surface area contributed by atoms with E-state index in [1.807, 2.05) is 6.07 Å². The monoisotopic (exact) mass is 414 g/mol. The van der Waals surface area contributed by atoms with Crippen molar-refractivity contribution in [2.24, 2.45) is 0 Å². The molecule has 9 heteroatoms. The quantitative estimate of drug-likeness (QED) is 0.382. The molecule has 0 unspecified atom stereocenters. The number of nitrogens with zero attached hydrogens (tertiary/aromatic N) is 3. The number of hydrogen-bond acceptors (Lipinski definition) is 7. The summed E-state index contributed by atoms with van der Waals surface area (Å²) in [5.74, 6) is 0.0520. The zero-order valence-corrected chi connectivity index (χ0v) is 17.0. The van der Waals surface area contributed by atoms with Gasteiger partial charge in [-0.3, -0.25) is 14.9 Å². The number of methoxy groups -OCH3 is 1. The molecule has 2 aromatic rings. The highest BCUT2D eigenvalue weighted by Gasteiger charge is 2.22. The molecule has 30 heavy (non-hydrogen) atoms. The molecular weight excluding hydrogens is 388 g/mol. The van der Waals surface area contributed by atoms with E-state index in [0.29, 0.717) is 30.2 Å². The van der Waals surface area contributed by atoms with Crippen LogP contribution in [-0.2, 0) is 11.3 Å². The molecule has 1 N–H and O–H groups in total. The summed E-state index contributed by atoms with van der Waals surface area (Å²) in [5, 5.41) is 14.1. The standard InChI is InChI=1S/C21H26N4O5/c1-29-12-13-30-21-16(6-5-9-22-21)15-23-20(26)18-14-17(25(27)28)7-8-19(18)24-10-3-2-4-11-24/h5-9,14H,2-4,10-13,15H2,1H3,(H,23,26). The van der Waals surface area contributed by atoms with Crippen molar-refractivity contribution in [2.75, 3.05) is 38.3 Å². The van der Waals surface area contributed by atoms with E-state index in [0.717, 1.165) is 38.0 Å². The van der Waals surface area contributed by atoms with Crippen molar-refractivity contribution in [1.29, 1.82) is 0 Å². The van der Waals surface area contributed by atoms with Crippen molar-refractivity contribution in [3.05, 3.63) is 57.8 Å². The maximum Gasteiger partial charge on any atom is 0.270 e. The van der Waals surface area contributed by atoms with Crippen molar-refractivity contribution in [3.8, 4) is 5.88 Å². The topological polar surface area (TPSA) is 107 Å². The van der Waals surface area contributed by atoms with Gasteiger partial charge in [0.1, 0.15) is 6.61 Å². The molecule has 0 atom stereocenters. The molecule has 3 rings (SSSR count). The highest BCUT2D eigenvalue weighted by Crippen LogP contribution is 2.28. The summed E-state index contributed by atoms with van der Waals surface area (Å²) in [6.45, 7) is 2.63. The first kappa shape index (κ1) is 21.5. The number of piperidine rings is 1. The summed E-state index contributed by atoms with van der Waals surface area (Å²) >= 11 is 0. The fraction of sp³-hybridized carbons (Fsp3) is 0.429. The first-order chi connectivity index (χ1) is 14.6. The van der Waals surface area contributed by atoms with Crippen molar-refractivity contribution in [1.82, 2.24) is 10.3 Å². The van der Waals surface area contributed by atoms with E-state index >= 15 is 0 Å². The molecular formula is C21H26N4O5. The Labute approximate surface area is 175 Å². The number of carbonyl (C=O) groups is 1. The van der Waals surface area contributed by atoms with Crippen LogP contribution in [-0.4, -0.2) is 49.2 Å². The number of non-ortho nitro benzene ring substituents is 1. The van der Waals surface area contributed by atoms with Gasteiger partial charge in [-0.05, 0) is 31.4 Å². The van der Waals surface area contributed by atoms with Crippen LogP contribution in [0.3, 0.4) is 0 Å². The Bertz CT molecular complexity index is 883. The summed E-state index contributed by atoms with van der Waals surface area (Å²) in [6.07, 6.45) is 4.84. The third-order valence-corrected chi connectivity index (χ3v) is 4.95. The van der Waals surface area contributed by atoms with Crippen molar-refractivity contribution < 1.29 is 19.2 Å². The van der Waals surface area contributed by atoms with E-state index < -0.39 is 4.92 Å². The predicted octanol–water partition coefficient (Wildman–Crippen LogP) is 2.94. The third-order valence-electron chi connectivity index (χ3n) is 4.95. The van der Waals surface area contributed by atoms with Gasteiger partial charge in [-0.2, -0.15) is 0 Å². The lowest BCUT2D eigenvalue weighted by molar-refractivity contribution is -0.384. The first-order valence-electron chi connectivity index (χ1n) is 9.97. The number of ether oxygens (including phenoxy) is 2. The van der Waals surface area contributed by atoms with E-state index in [-0.39, 0.29) is 18.1 Å². The number of amides is 1. The largest absolute Gasteiger partial charge is 0.475 e. The van der Waals surface area contributed by atoms with Gasteiger partial charge >= 0.3 is 0 Å². The van der Waals surface area contributed by atoms with Crippen molar-refractivity contribution in [2.45, 2.75) is 25.8 Å². The molecule has 160 valence electrons. The Morgan fingerprint density at radius 2 is 2.03 bits per heavy atom. The molecule has 1 aliphatic rings. The Morgan fingerprint density at radius 3 is 2.77 bits per heavy atom. The summed E-state index contributed by atoms with van der Waals surface area (Å²) in [7, 11) is 1.59. The lowest BCUT2D eigenvalue weighted by atomic mass is 10.1. The molecule has 1 aromatic carbocycles. The van der Waals surface area contributed by atoms with Gasteiger partial charge in [0.25, 0.3) is 11.6 Å². The number of rotatable bonds is 9. The summed E-state index contributed by atoms with van der Waals surface area (Å²) in [5.41, 5.74) is 1.63. The minimum Gasteiger partial charge on any atom is -0.475 e. The van der Waals surface area contributed by atoms with E-state index in [1.54, 1.807) is 25.4 Å². The Balaban J connectivity index is 1.77. The van der Waals surface area contributed by atoms with Crippen LogP contribution in [0.1, 0.15) is 35.2 Å². The molecule has 0 aliphatic carbocycles. The van der Waals surface area contributed by atoms with Gasteiger partial charge in [0, 0.05) is 50.6 Å². The number of nitro groups is 1. The minimum atomic E-state index is -0.486. The van der Waals surface area contributed by atoms with Gasteiger partial charge in [-0.15, -0.1) is 0 Å². The maximum absolute atomic E-state index is 13.0. The van der Waals surface area contributed by atoms with E-state index in [1.165, 1.54) is 12.1 Å². The van der Waals surface area contributed by atoms with E-state index in [9.17, 15) is 14.9 Å². The molecule has 1 fully saturated rings. The van der Waals surface area contributed by atoms with E-state index in [4.69, 9.17) is 9.47 Å². The molecule has 1 amide bonds. The fourth-order valence-corrected chi connectivity index (χ4v) is 3.41. The average Bonchev–Trinajstić information content (AvgIpc) is 2.78. The van der Waals surface area contributed by atoms with Gasteiger partial charge in [0.05, 0.1) is 22.8 Å². The third kappa shape index (κ3) is 5.44. The van der Waals surface area contributed by atoms with Crippen LogP contribution < -0.4 is 15.0 Å². The molecule has 0 spiro atoms. The number of pyridine rings is 1. The highest BCUT2D eigenvalue weighted by atomic mass is 16.6. The SMILES string of the molecule is COCCOc1ncccc1CNC(=O)c1cc([N+](=O)[O-])ccc1N1CCCCC1. The molecule has 1 aromatic heterocycles. The number of hydrogen-bond donors (Lipinski definition) is 1. The number of aromatic nitrogens is 1. The Hall–Kier alpha value is -3.20. The molecule has 1 aliphatic heterocycles. The van der Waals surface area contributed by atoms with Crippen molar-refractivity contribution in [3.63, 3.8) is 0 Å². The van der Waals surface area contributed by atoms with Gasteiger partial charge in [-0.25, -0.2) is 4.98 Å². The van der Waals surface area contributed by atoms with Crippen molar-refractivity contribution >= 4 is 17.3 Å². The van der Waals surface area contributed by atoms with Gasteiger partial charge < -0.3 is 19.7 Å². The highest BCUT2D eigenvalue weighted by molar-refractivity contribution is 6.00. The zero-order valence-electron chi connectivity index (χ0n) is 17.0. The second-order valence-electron chi connectivity index (χ2n) is 7.00. The average molecular weight is 414 g/mol. The first-order valence-corrected chi connectivity index (χ1v) is 9.97. The normalized spacial score (nSPS) is 13.7. The van der Waals surface area contributed by atoms with Crippen LogP contribution >= 0.6 is 0 Å². The van der Waals surface area contributed by atoms with Crippen LogP contribution in [0.2, 0.25) is 0 Å². The molecule has 0 radical (unpaired) electrons. The number of nitro benzene ring substituents is 1. The van der Waals surface area contributed by atoms with Gasteiger partial charge in [-0.1, -0.05) is 6.07 Å². The number of anilines is 1. The molecule has 0 saturated carbocycles. The number of benzene rings is 1. The van der Waals surface area contributed by atoms with Crippen LogP contribution in [0.15, 0.2) is 36.5 Å². The fourth-order valence-electron chi connectivity index (χ4n) is 3.41. The molecule has 1 saturated heterocycles. The van der Waals surface area contributed by atoms with Gasteiger partial charge in [0.15, 0.2) is 0 Å². The van der Waals surface area contributed by atoms with Crippen LogP contribution in [0, 0.1) is 10.1 Å². The Morgan fingerprint density at radius 1 is 1.23 bits per heavy atom. The molecule has 9 nitrogen and oxygen atoms in total. The second kappa shape index (κ2) is 10.5. The summed E-state index contributed by atoms with van der Waals surface area (Å²) in [4.78, 5) is 30.1. The smallest absolute Gasteiger partial charge is 0.270 e. The van der Waals surface area contributed by atoms with Crippen LogP contribution in [0.5, 0.6) is 5.88 Å².